The van der Waals surface area contributed by atoms with Crippen molar-refractivity contribution >= 4 is 0 Å². The first-order valence-corrected chi connectivity index (χ1v) is 8.79. The Morgan fingerprint density at radius 1 is 1.14 bits per heavy atom. The molecule has 0 bridgehead atoms. The zero-order valence-corrected chi connectivity index (χ0v) is 14.2. The molecule has 0 unspecified atom stereocenters. The van der Waals surface area contributed by atoms with Gasteiger partial charge in [-0.1, -0.05) is 32.6 Å². The number of aliphatic hydroxyl groups is 1. The quantitative estimate of drug-likeness (QED) is 0.454. The third kappa shape index (κ3) is 7.59. The molecule has 1 fully saturated rings. The number of nitrogens with one attached hydrogen (secondary N) is 1. The van der Waals surface area contributed by atoms with E-state index < -0.39 is 0 Å². The van der Waals surface area contributed by atoms with Gasteiger partial charge in [-0.2, -0.15) is 0 Å². The first-order valence-electron chi connectivity index (χ1n) is 8.79. The predicted molar refractivity (Wildman–Crippen MR) is 88.7 cm³/mol. The molecular weight excluding hydrogens is 264 g/mol. The van der Waals surface area contributed by atoms with Crippen LogP contribution in [0.1, 0.15) is 51.9 Å². The molecule has 4 heteroatoms. The van der Waals surface area contributed by atoms with E-state index in [2.05, 4.69) is 17.1 Å². The van der Waals surface area contributed by atoms with Gasteiger partial charge in [0.1, 0.15) is 0 Å². The van der Waals surface area contributed by atoms with Crippen molar-refractivity contribution in [3.05, 3.63) is 0 Å². The van der Waals surface area contributed by atoms with Crippen LogP contribution in [-0.2, 0) is 4.74 Å². The summed E-state index contributed by atoms with van der Waals surface area (Å²) in [7, 11) is 1.75. The molecule has 0 aromatic heterocycles. The minimum Gasteiger partial charge on any atom is -0.395 e. The third-order valence-electron chi connectivity index (χ3n) is 4.68. The van der Waals surface area contributed by atoms with Crippen molar-refractivity contribution in [1.82, 2.24) is 10.2 Å². The summed E-state index contributed by atoms with van der Waals surface area (Å²) < 4.78 is 5.23. The van der Waals surface area contributed by atoms with E-state index in [1.165, 1.54) is 44.9 Å². The second kappa shape index (κ2) is 11.4. The van der Waals surface area contributed by atoms with E-state index >= 15 is 0 Å². The van der Waals surface area contributed by atoms with Crippen LogP contribution in [0.4, 0.5) is 0 Å². The monoisotopic (exact) mass is 300 g/mol. The van der Waals surface area contributed by atoms with E-state index in [0.717, 1.165) is 39.3 Å². The molecule has 1 rings (SSSR count). The Balaban J connectivity index is 2.62. The van der Waals surface area contributed by atoms with E-state index in [4.69, 9.17) is 4.74 Å². The summed E-state index contributed by atoms with van der Waals surface area (Å²) >= 11 is 0. The molecule has 0 aromatic carbocycles. The number of rotatable bonds is 11. The topological polar surface area (TPSA) is 44.7 Å². The SMILES string of the molecule is CCCNCC1(CN(CCO)CCOC)CCCCCC1. The van der Waals surface area contributed by atoms with E-state index in [1.54, 1.807) is 7.11 Å². The molecule has 0 heterocycles. The first-order chi connectivity index (χ1) is 10.3. The number of aliphatic hydroxyl groups excluding tert-OH is 1. The Hall–Kier alpha value is -0.160. The molecule has 1 aliphatic carbocycles. The molecule has 0 amide bonds. The van der Waals surface area contributed by atoms with E-state index in [9.17, 15) is 5.11 Å². The summed E-state index contributed by atoms with van der Waals surface area (Å²) in [5, 5.41) is 13.0. The standard InChI is InChI=1S/C17H36N2O2/c1-3-10-18-15-17(8-6-4-5-7-9-17)16-19(11-13-20)12-14-21-2/h18,20H,3-16H2,1-2H3. The molecule has 0 spiro atoms. The summed E-state index contributed by atoms with van der Waals surface area (Å²) in [6.45, 7) is 8.22. The van der Waals surface area contributed by atoms with Crippen LogP contribution < -0.4 is 5.32 Å². The Bertz CT molecular complexity index is 241. The average molecular weight is 300 g/mol. The van der Waals surface area contributed by atoms with Gasteiger partial charge in [-0.3, -0.25) is 4.90 Å². The van der Waals surface area contributed by atoms with Crippen molar-refractivity contribution in [3.8, 4) is 0 Å². The van der Waals surface area contributed by atoms with Crippen LogP contribution in [0, 0.1) is 5.41 Å². The van der Waals surface area contributed by atoms with E-state index in [1.807, 2.05) is 0 Å². The largest absolute Gasteiger partial charge is 0.395 e. The number of hydrogen-bond acceptors (Lipinski definition) is 4. The molecule has 0 radical (unpaired) electrons. The lowest BCUT2D eigenvalue weighted by Crippen LogP contribution is -2.46. The van der Waals surface area contributed by atoms with Crippen molar-refractivity contribution in [2.45, 2.75) is 51.9 Å². The smallest absolute Gasteiger partial charge is 0.0589 e. The highest BCUT2D eigenvalue weighted by atomic mass is 16.5. The summed E-state index contributed by atoms with van der Waals surface area (Å²) in [5.41, 5.74) is 0.384. The highest BCUT2D eigenvalue weighted by molar-refractivity contribution is 4.87. The van der Waals surface area contributed by atoms with Gasteiger partial charge in [-0.15, -0.1) is 0 Å². The van der Waals surface area contributed by atoms with E-state index in [-0.39, 0.29) is 6.61 Å². The first kappa shape index (κ1) is 18.9. The minimum absolute atomic E-state index is 0.238. The predicted octanol–water partition coefficient (Wildman–Crippen LogP) is 2.27. The number of ether oxygens (including phenoxy) is 1. The lowest BCUT2D eigenvalue weighted by atomic mass is 9.79. The van der Waals surface area contributed by atoms with Crippen LogP contribution in [0.3, 0.4) is 0 Å². The van der Waals surface area contributed by atoms with Crippen molar-refractivity contribution in [2.75, 3.05) is 53.0 Å². The van der Waals surface area contributed by atoms with Gasteiger partial charge in [0.15, 0.2) is 0 Å². The molecule has 1 aliphatic rings. The second-order valence-corrected chi connectivity index (χ2v) is 6.58. The fraction of sp³-hybridized carbons (Fsp3) is 1.00. The van der Waals surface area contributed by atoms with Gasteiger partial charge in [-0.25, -0.2) is 0 Å². The van der Waals surface area contributed by atoms with Gasteiger partial charge in [0.05, 0.1) is 13.2 Å². The van der Waals surface area contributed by atoms with Crippen molar-refractivity contribution in [1.29, 1.82) is 0 Å². The van der Waals surface area contributed by atoms with Crippen LogP contribution in [0.15, 0.2) is 0 Å². The molecule has 21 heavy (non-hydrogen) atoms. The molecule has 0 aromatic rings. The Morgan fingerprint density at radius 3 is 2.43 bits per heavy atom. The molecular formula is C17H36N2O2. The zero-order valence-electron chi connectivity index (χ0n) is 14.2. The maximum Gasteiger partial charge on any atom is 0.0589 e. The van der Waals surface area contributed by atoms with Gasteiger partial charge in [0, 0.05) is 33.3 Å². The van der Waals surface area contributed by atoms with Crippen LogP contribution in [0.2, 0.25) is 0 Å². The van der Waals surface area contributed by atoms with Crippen LogP contribution in [0.25, 0.3) is 0 Å². The summed E-state index contributed by atoms with van der Waals surface area (Å²) in [5.74, 6) is 0. The summed E-state index contributed by atoms with van der Waals surface area (Å²) in [6, 6.07) is 0. The highest BCUT2D eigenvalue weighted by Gasteiger charge is 2.32. The van der Waals surface area contributed by atoms with Gasteiger partial charge in [0.2, 0.25) is 0 Å². The second-order valence-electron chi connectivity index (χ2n) is 6.58. The fourth-order valence-corrected chi connectivity index (χ4v) is 3.51. The van der Waals surface area contributed by atoms with Crippen LogP contribution >= 0.6 is 0 Å². The Labute approximate surface area is 131 Å². The van der Waals surface area contributed by atoms with Crippen LogP contribution in [0.5, 0.6) is 0 Å². The molecule has 4 nitrogen and oxygen atoms in total. The fourth-order valence-electron chi connectivity index (χ4n) is 3.51. The summed E-state index contributed by atoms with van der Waals surface area (Å²) in [4.78, 5) is 2.39. The van der Waals surface area contributed by atoms with Crippen LogP contribution in [-0.4, -0.2) is 63.1 Å². The third-order valence-corrected chi connectivity index (χ3v) is 4.68. The van der Waals surface area contributed by atoms with Crippen molar-refractivity contribution in [2.24, 2.45) is 5.41 Å². The lowest BCUT2D eigenvalue weighted by Gasteiger charge is -2.38. The van der Waals surface area contributed by atoms with Gasteiger partial charge in [0.25, 0.3) is 0 Å². The zero-order chi connectivity index (χ0) is 15.4. The maximum atomic E-state index is 9.32. The molecule has 2 N–H and O–H groups in total. The van der Waals surface area contributed by atoms with Gasteiger partial charge < -0.3 is 15.2 Å². The van der Waals surface area contributed by atoms with Crippen molar-refractivity contribution < 1.29 is 9.84 Å². The van der Waals surface area contributed by atoms with E-state index in [0.29, 0.717) is 5.41 Å². The lowest BCUT2D eigenvalue weighted by molar-refractivity contribution is 0.0804. The molecule has 1 saturated carbocycles. The minimum atomic E-state index is 0.238. The molecule has 126 valence electrons. The van der Waals surface area contributed by atoms with Crippen molar-refractivity contribution in [3.63, 3.8) is 0 Å². The molecule has 0 aliphatic heterocycles. The molecule has 0 saturated heterocycles. The highest BCUT2D eigenvalue weighted by Crippen LogP contribution is 2.35. The van der Waals surface area contributed by atoms with Gasteiger partial charge in [-0.05, 0) is 31.2 Å². The number of methoxy groups -OCH3 is 1. The number of nitrogens with zero attached hydrogens (tertiary/aromatic N) is 1. The number of hydrogen-bond donors (Lipinski definition) is 2. The molecule has 0 atom stereocenters. The summed E-state index contributed by atoms with van der Waals surface area (Å²) in [6.07, 6.45) is 9.30. The Kier molecular flexibility index (Phi) is 10.3. The maximum absolute atomic E-state index is 9.32. The van der Waals surface area contributed by atoms with Gasteiger partial charge >= 0.3 is 0 Å². The Morgan fingerprint density at radius 2 is 1.86 bits per heavy atom. The normalized spacial score (nSPS) is 18.9. The average Bonchev–Trinajstić information content (AvgIpc) is 2.71.